The number of benzene rings is 2. The van der Waals surface area contributed by atoms with Crippen LogP contribution in [0.15, 0.2) is 72.3 Å². The zero-order chi connectivity index (χ0) is 17.8. The minimum absolute atomic E-state index is 0.137. The van der Waals surface area contributed by atoms with E-state index in [1.54, 1.807) is 6.20 Å². The lowest BCUT2D eigenvalue weighted by Crippen LogP contribution is -2.14. The Morgan fingerprint density at radius 1 is 1.08 bits per heavy atom. The molecular weight excluding hydrogens is 346 g/mol. The molecule has 128 valence electrons. The van der Waals surface area contributed by atoms with E-state index in [4.69, 9.17) is 0 Å². The van der Waals surface area contributed by atoms with Gasteiger partial charge in [-0.3, -0.25) is 14.9 Å². The predicted octanol–water partition coefficient (Wildman–Crippen LogP) is 3.90. The number of hydrogen-bond acceptors (Lipinski definition) is 5. The number of aromatic nitrogens is 4. The van der Waals surface area contributed by atoms with Gasteiger partial charge >= 0.3 is 0 Å². The van der Waals surface area contributed by atoms with Gasteiger partial charge in [0.2, 0.25) is 0 Å². The van der Waals surface area contributed by atoms with Crippen LogP contribution in [0.4, 0.5) is 5.69 Å². The van der Waals surface area contributed by atoms with E-state index in [0.29, 0.717) is 11.3 Å². The minimum Gasteiger partial charge on any atom is -0.322 e. The van der Waals surface area contributed by atoms with Crippen molar-refractivity contribution in [2.75, 3.05) is 5.32 Å². The van der Waals surface area contributed by atoms with Crippen molar-refractivity contribution in [2.45, 2.75) is 10.9 Å². The van der Waals surface area contributed by atoms with Crippen molar-refractivity contribution < 1.29 is 4.79 Å². The third-order valence-electron chi connectivity index (χ3n) is 3.88. The van der Waals surface area contributed by atoms with Gasteiger partial charge < -0.3 is 5.32 Å². The molecule has 4 rings (SSSR count). The molecule has 0 bridgehead atoms. The normalized spacial score (nSPS) is 10.8. The molecule has 0 aliphatic carbocycles. The van der Waals surface area contributed by atoms with Crippen molar-refractivity contribution in [2.24, 2.45) is 0 Å². The third kappa shape index (κ3) is 3.57. The summed E-state index contributed by atoms with van der Waals surface area (Å²) in [6.45, 7) is 0. The Kier molecular flexibility index (Phi) is 4.61. The van der Waals surface area contributed by atoms with Crippen LogP contribution in [0, 0.1) is 0 Å². The number of pyridine rings is 1. The number of carbonyl (C=O) groups is 1. The molecule has 2 N–H and O–H groups in total. The Morgan fingerprint density at radius 2 is 2.00 bits per heavy atom. The Balaban J connectivity index is 1.53. The second-order valence-electron chi connectivity index (χ2n) is 5.60. The van der Waals surface area contributed by atoms with Crippen LogP contribution in [0.5, 0.6) is 0 Å². The van der Waals surface area contributed by atoms with Crippen molar-refractivity contribution in [1.29, 1.82) is 0 Å². The molecular formula is C19H15N5OS. The molecule has 6 nitrogen and oxygen atoms in total. The molecule has 2 heterocycles. The molecule has 0 aliphatic heterocycles. The van der Waals surface area contributed by atoms with Gasteiger partial charge in [0, 0.05) is 28.6 Å². The number of hydrogen-bond donors (Lipinski definition) is 2. The largest absolute Gasteiger partial charge is 0.322 e. The highest BCUT2D eigenvalue weighted by Gasteiger charge is 2.12. The SMILES string of the molecule is O=C(Nc1ccc2ncccc2c1)c1ccccc1CSc1ncn[nH]1. The van der Waals surface area contributed by atoms with Gasteiger partial charge in [-0.2, -0.15) is 5.10 Å². The van der Waals surface area contributed by atoms with Crippen LogP contribution in [-0.2, 0) is 5.75 Å². The first kappa shape index (κ1) is 16.3. The first-order valence-electron chi connectivity index (χ1n) is 8.02. The number of rotatable bonds is 5. The molecule has 1 amide bonds. The van der Waals surface area contributed by atoms with Gasteiger partial charge in [0.05, 0.1) is 5.52 Å². The van der Waals surface area contributed by atoms with Gasteiger partial charge in [-0.1, -0.05) is 36.0 Å². The first-order chi connectivity index (χ1) is 12.8. The van der Waals surface area contributed by atoms with E-state index in [1.165, 1.54) is 18.1 Å². The number of nitrogens with zero attached hydrogens (tertiary/aromatic N) is 3. The average Bonchev–Trinajstić information content (AvgIpc) is 3.20. The standard InChI is InChI=1S/C19H15N5OS/c25-18(23-15-7-8-17-13(10-15)5-3-9-20-17)16-6-2-1-4-14(16)11-26-19-21-12-22-24-19/h1-10,12H,11H2,(H,23,25)(H,21,22,24). The molecule has 4 aromatic rings. The molecule has 0 saturated carbocycles. The average molecular weight is 361 g/mol. The monoisotopic (exact) mass is 361 g/mol. The van der Waals surface area contributed by atoms with Gasteiger partial charge in [0.15, 0.2) is 5.16 Å². The van der Waals surface area contributed by atoms with Crippen molar-refractivity contribution in [3.63, 3.8) is 0 Å². The summed E-state index contributed by atoms with van der Waals surface area (Å²) < 4.78 is 0. The number of nitrogens with one attached hydrogen (secondary N) is 2. The van der Waals surface area contributed by atoms with E-state index in [-0.39, 0.29) is 5.91 Å². The summed E-state index contributed by atoms with van der Waals surface area (Å²) in [4.78, 5) is 21.1. The van der Waals surface area contributed by atoms with Gasteiger partial charge in [0.1, 0.15) is 6.33 Å². The molecule has 0 unspecified atom stereocenters. The lowest BCUT2D eigenvalue weighted by molar-refractivity contribution is 0.102. The maximum absolute atomic E-state index is 12.8. The van der Waals surface area contributed by atoms with Crippen molar-refractivity contribution in [3.8, 4) is 0 Å². The molecule has 0 atom stereocenters. The Morgan fingerprint density at radius 3 is 2.88 bits per heavy atom. The highest BCUT2D eigenvalue weighted by atomic mass is 32.2. The van der Waals surface area contributed by atoms with Crippen LogP contribution < -0.4 is 5.32 Å². The highest BCUT2D eigenvalue weighted by molar-refractivity contribution is 7.98. The summed E-state index contributed by atoms with van der Waals surface area (Å²) in [5.74, 6) is 0.488. The quantitative estimate of drug-likeness (QED) is 0.527. The fourth-order valence-electron chi connectivity index (χ4n) is 2.63. The van der Waals surface area contributed by atoms with E-state index in [2.05, 4.69) is 25.5 Å². The van der Waals surface area contributed by atoms with Crippen molar-refractivity contribution in [3.05, 3.63) is 78.2 Å². The van der Waals surface area contributed by atoms with Crippen LogP contribution in [0.3, 0.4) is 0 Å². The lowest BCUT2D eigenvalue weighted by Gasteiger charge is -2.10. The summed E-state index contributed by atoms with van der Waals surface area (Å²) in [6.07, 6.45) is 3.22. The smallest absolute Gasteiger partial charge is 0.255 e. The molecule has 26 heavy (non-hydrogen) atoms. The zero-order valence-corrected chi connectivity index (χ0v) is 14.5. The molecule has 0 aliphatic rings. The summed E-state index contributed by atoms with van der Waals surface area (Å²) in [6, 6.07) is 17.1. The maximum atomic E-state index is 12.8. The van der Waals surface area contributed by atoms with E-state index in [9.17, 15) is 4.79 Å². The van der Waals surface area contributed by atoms with Crippen LogP contribution in [0.1, 0.15) is 15.9 Å². The van der Waals surface area contributed by atoms with E-state index in [1.807, 2.05) is 54.6 Å². The molecule has 0 radical (unpaired) electrons. The number of H-pyrrole nitrogens is 1. The maximum Gasteiger partial charge on any atom is 0.255 e. The van der Waals surface area contributed by atoms with Crippen LogP contribution in [0.2, 0.25) is 0 Å². The van der Waals surface area contributed by atoms with Gasteiger partial charge in [0.25, 0.3) is 5.91 Å². The summed E-state index contributed by atoms with van der Waals surface area (Å²) >= 11 is 1.50. The number of amides is 1. The third-order valence-corrected chi connectivity index (χ3v) is 4.81. The second-order valence-corrected chi connectivity index (χ2v) is 6.57. The summed E-state index contributed by atoms with van der Waals surface area (Å²) in [5, 5.41) is 11.3. The van der Waals surface area contributed by atoms with Crippen molar-refractivity contribution >= 4 is 34.3 Å². The molecule has 0 spiro atoms. The number of carbonyl (C=O) groups excluding carboxylic acids is 1. The molecule has 0 saturated heterocycles. The fourth-order valence-corrected chi connectivity index (χ4v) is 3.41. The Bertz CT molecular complexity index is 1050. The van der Waals surface area contributed by atoms with Crippen molar-refractivity contribution in [1.82, 2.24) is 20.2 Å². The summed E-state index contributed by atoms with van der Waals surface area (Å²) in [7, 11) is 0. The lowest BCUT2D eigenvalue weighted by atomic mass is 10.1. The molecule has 2 aromatic heterocycles. The minimum atomic E-state index is -0.137. The number of anilines is 1. The van der Waals surface area contributed by atoms with Crippen LogP contribution >= 0.6 is 11.8 Å². The van der Waals surface area contributed by atoms with Gasteiger partial charge in [-0.15, -0.1) is 0 Å². The van der Waals surface area contributed by atoms with E-state index >= 15 is 0 Å². The highest BCUT2D eigenvalue weighted by Crippen LogP contribution is 2.23. The molecule has 2 aromatic carbocycles. The second kappa shape index (κ2) is 7.37. The van der Waals surface area contributed by atoms with Gasteiger partial charge in [-0.25, -0.2) is 4.98 Å². The number of aromatic amines is 1. The van der Waals surface area contributed by atoms with Crippen LogP contribution in [-0.4, -0.2) is 26.1 Å². The number of thioether (sulfide) groups is 1. The van der Waals surface area contributed by atoms with Gasteiger partial charge in [-0.05, 0) is 35.9 Å². The Hall–Kier alpha value is -3.19. The number of fused-ring (bicyclic) bond motifs is 1. The van der Waals surface area contributed by atoms with E-state index in [0.717, 1.165) is 27.3 Å². The molecule has 7 heteroatoms. The predicted molar refractivity (Wildman–Crippen MR) is 102 cm³/mol. The fraction of sp³-hybridized carbons (Fsp3) is 0.0526. The Labute approximate surface area is 154 Å². The van der Waals surface area contributed by atoms with E-state index < -0.39 is 0 Å². The van der Waals surface area contributed by atoms with Crippen LogP contribution in [0.25, 0.3) is 10.9 Å². The first-order valence-corrected chi connectivity index (χ1v) is 9.00. The molecule has 0 fully saturated rings. The topological polar surface area (TPSA) is 83.6 Å². The zero-order valence-electron chi connectivity index (χ0n) is 13.7. The summed E-state index contributed by atoms with van der Waals surface area (Å²) in [5.41, 5.74) is 3.22.